The van der Waals surface area contributed by atoms with E-state index >= 15 is 0 Å². The molecule has 0 unspecified atom stereocenters. The van der Waals surface area contributed by atoms with Gasteiger partial charge in [-0.25, -0.2) is 12.7 Å². The maximum absolute atomic E-state index is 12.0. The van der Waals surface area contributed by atoms with Gasteiger partial charge in [0.25, 0.3) is 0 Å². The lowest BCUT2D eigenvalue weighted by molar-refractivity contribution is -0.137. The fourth-order valence-corrected chi connectivity index (χ4v) is 3.38. The molecule has 0 saturated heterocycles. The Hall–Kier alpha value is -0.620. The standard InChI is InChI=1S/C11H21NO4S/c1-2-7-12(9-10-5-6-10)17(15,16)8-3-4-11(13)14/h10H,2-9H2,1H3,(H,13,14). The second-order valence-electron chi connectivity index (χ2n) is 4.61. The highest BCUT2D eigenvalue weighted by molar-refractivity contribution is 7.89. The Labute approximate surface area is 103 Å². The smallest absolute Gasteiger partial charge is 0.303 e. The van der Waals surface area contributed by atoms with E-state index in [4.69, 9.17) is 5.11 Å². The van der Waals surface area contributed by atoms with Gasteiger partial charge in [-0.2, -0.15) is 0 Å². The Morgan fingerprint density at radius 3 is 2.53 bits per heavy atom. The number of carboxylic acids is 1. The van der Waals surface area contributed by atoms with Gasteiger partial charge in [0.2, 0.25) is 10.0 Å². The molecular formula is C11H21NO4S. The van der Waals surface area contributed by atoms with Crippen LogP contribution in [-0.2, 0) is 14.8 Å². The normalized spacial score (nSPS) is 16.4. The molecule has 0 bridgehead atoms. The van der Waals surface area contributed by atoms with E-state index in [1.54, 1.807) is 0 Å². The number of hydrogen-bond donors (Lipinski definition) is 1. The quantitative estimate of drug-likeness (QED) is 0.680. The summed E-state index contributed by atoms with van der Waals surface area (Å²) in [5.74, 6) is -0.466. The highest BCUT2D eigenvalue weighted by Crippen LogP contribution is 2.30. The molecule has 0 aromatic rings. The molecule has 0 aliphatic heterocycles. The molecule has 0 radical (unpaired) electrons. The van der Waals surface area contributed by atoms with Crippen molar-refractivity contribution < 1.29 is 18.3 Å². The Kier molecular flexibility index (Phi) is 5.39. The van der Waals surface area contributed by atoms with E-state index in [-0.39, 0.29) is 18.6 Å². The van der Waals surface area contributed by atoms with Gasteiger partial charge in [-0.1, -0.05) is 6.92 Å². The monoisotopic (exact) mass is 263 g/mol. The van der Waals surface area contributed by atoms with Gasteiger partial charge >= 0.3 is 5.97 Å². The van der Waals surface area contributed by atoms with Crippen molar-refractivity contribution in [3.63, 3.8) is 0 Å². The van der Waals surface area contributed by atoms with Gasteiger partial charge in [-0.15, -0.1) is 0 Å². The van der Waals surface area contributed by atoms with Crippen molar-refractivity contribution in [2.24, 2.45) is 5.92 Å². The fourth-order valence-electron chi connectivity index (χ4n) is 1.72. The summed E-state index contributed by atoms with van der Waals surface area (Å²) in [6.45, 7) is 3.11. The fraction of sp³-hybridized carbons (Fsp3) is 0.909. The third kappa shape index (κ3) is 5.50. The van der Waals surface area contributed by atoms with Crippen molar-refractivity contribution in [1.82, 2.24) is 4.31 Å². The van der Waals surface area contributed by atoms with Crippen LogP contribution in [0.15, 0.2) is 0 Å². The van der Waals surface area contributed by atoms with E-state index in [2.05, 4.69) is 0 Å². The lowest BCUT2D eigenvalue weighted by atomic mass is 10.3. The second kappa shape index (κ2) is 6.35. The minimum absolute atomic E-state index is 0.0496. The average Bonchev–Trinajstić information content (AvgIpc) is 3.00. The molecule has 17 heavy (non-hydrogen) atoms. The lowest BCUT2D eigenvalue weighted by Gasteiger charge is -2.21. The van der Waals surface area contributed by atoms with Gasteiger partial charge in [0, 0.05) is 19.5 Å². The number of carboxylic acid groups (broad SMARTS) is 1. The molecule has 0 atom stereocenters. The molecule has 1 saturated carbocycles. The SMILES string of the molecule is CCCN(CC1CC1)S(=O)(=O)CCCC(=O)O. The number of rotatable bonds is 9. The molecule has 1 fully saturated rings. The third-order valence-corrected chi connectivity index (χ3v) is 4.74. The molecule has 1 aliphatic rings. The molecule has 0 aromatic heterocycles. The van der Waals surface area contributed by atoms with Gasteiger partial charge in [-0.3, -0.25) is 4.79 Å². The van der Waals surface area contributed by atoms with Crippen molar-refractivity contribution in [3.8, 4) is 0 Å². The van der Waals surface area contributed by atoms with Crippen LogP contribution in [0.5, 0.6) is 0 Å². The van der Waals surface area contributed by atoms with Gasteiger partial charge < -0.3 is 5.11 Å². The van der Waals surface area contributed by atoms with E-state index in [0.29, 0.717) is 19.0 Å². The van der Waals surface area contributed by atoms with Crippen LogP contribution in [0.25, 0.3) is 0 Å². The lowest BCUT2D eigenvalue weighted by Crippen LogP contribution is -2.35. The first-order chi connectivity index (χ1) is 7.95. The molecule has 1 N–H and O–H groups in total. The molecule has 0 spiro atoms. The Morgan fingerprint density at radius 1 is 1.41 bits per heavy atom. The Balaban J connectivity index is 2.46. The molecule has 1 aliphatic carbocycles. The molecule has 6 heteroatoms. The molecule has 5 nitrogen and oxygen atoms in total. The third-order valence-electron chi connectivity index (χ3n) is 2.82. The zero-order valence-corrected chi connectivity index (χ0v) is 11.1. The van der Waals surface area contributed by atoms with Gasteiger partial charge in [0.15, 0.2) is 0 Å². The molecule has 1 rings (SSSR count). The predicted molar refractivity (Wildman–Crippen MR) is 65.2 cm³/mol. The zero-order valence-electron chi connectivity index (χ0n) is 10.3. The first-order valence-electron chi connectivity index (χ1n) is 6.15. The van der Waals surface area contributed by atoms with Crippen molar-refractivity contribution in [1.29, 1.82) is 0 Å². The average molecular weight is 263 g/mol. The van der Waals surface area contributed by atoms with E-state index in [9.17, 15) is 13.2 Å². The minimum atomic E-state index is -3.27. The van der Waals surface area contributed by atoms with E-state index in [0.717, 1.165) is 19.3 Å². The maximum Gasteiger partial charge on any atom is 0.303 e. The Bertz CT molecular complexity index is 348. The summed E-state index contributed by atoms with van der Waals surface area (Å²) in [4.78, 5) is 10.4. The van der Waals surface area contributed by atoms with E-state index < -0.39 is 16.0 Å². The largest absolute Gasteiger partial charge is 0.481 e. The summed E-state index contributed by atoms with van der Waals surface area (Å²) in [5.41, 5.74) is 0. The minimum Gasteiger partial charge on any atom is -0.481 e. The molecule has 0 heterocycles. The number of carbonyl (C=O) groups is 1. The number of nitrogens with zero attached hydrogens (tertiary/aromatic N) is 1. The van der Waals surface area contributed by atoms with E-state index in [1.165, 1.54) is 4.31 Å². The highest BCUT2D eigenvalue weighted by Gasteiger charge is 2.29. The van der Waals surface area contributed by atoms with Crippen LogP contribution >= 0.6 is 0 Å². The Morgan fingerprint density at radius 2 is 2.06 bits per heavy atom. The highest BCUT2D eigenvalue weighted by atomic mass is 32.2. The molecule has 100 valence electrons. The van der Waals surface area contributed by atoms with Crippen molar-refractivity contribution >= 4 is 16.0 Å². The maximum atomic E-state index is 12.0. The van der Waals surface area contributed by atoms with Crippen LogP contribution < -0.4 is 0 Å². The summed E-state index contributed by atoms with van der Waals surface area (Å²) in [6.07, 6.45) is 3.14. The second-order valence-corrected chi connectivity index (χ2v) is 6.70. The van der Waals surface area contributed by atoms with Crippen molar-refractivity contribution in [3.05, 3.63) is 0 Å². The zero-order chi connectivity index (χ0) is 12.9. The summed E-state index contributed by atoms with van der Waals surface area (Å²) in [5, 5.41) is 8.50. The predicted octanol–water partition coefficient (Wildman–Crippen LogP) is 1.30. The van der Waals surface area contributed by atoms with Gasteiger partial charge in [0.1, 0.15) is 0 Å². The van der Waals surface area contributed by atoms with Crippen LogP contribution in [0.4, 0.5) is 0 Å². The topological polar surface area (TPSA) is 74.7 Å². The van der Waals surface area contributed by atoms with Crippen molar-refractivity contribution in [2.75, 3.05) is 18.8 Å². The number of aliphatic carboxylic acids is 1. The molecular weight excluding hydrogens is 242 g/mol. The van der Waals surface area contributed by atoms with Crippen molar-refractivity contribution in [2.45, 2.75) is 39.0 Å². The van der Waals surface area contributed by atoms with E-state index in [1.807, 2.05) is 6.92 Å². The summed E-state index contributed by atoms with van der Waals surface area (Å²) in [7, 11) is -3.27. The van der Waals surface area contributed by atoms with Crippen LogP contribution in [0.1, 0.15) is 39.0 Å². The van der Waals surface area contributed by atoms with Crippen LogP contribution in [-0.4, -0.2) is 42.6 Å². The summed E-state index contributed by atoms with van der Waals surface area (Å²) in [6, 6.07) is 0. The van der Waals surface area contributed by atoms with Crippen LogP contribution in [0.3, 0.4) is 0 Å². The van der Waals surface area contributed by atoms with Crippen LogP contribution in [0.2, 0.25) is 0 Å². The first kappa shape index (κ1) is 14.4. The first-order valence-corrected chi connectivity index (χ1v) is 7.76. The van der Waals surface area contributed by atoms with Crippen LogP contribution in [0, 0.1) is 5.92 Å². The molecule has 0 amide bonds. The van der Waals surface area contributed by atoms with Gasteiger partial charge in [-0.05, 0) is 31.6 Å². The molecule has 0 aromatic carbocycles. The number of sulfonamides is 1. The summed E-state index contributed by atoms with van der Waals surface area (Å²) >= 11 is 0. The summed E-state index contributed by atoms with van der Waals surface area (Å²) < 4.78 is 25.5. The number of hydrogen-bond acceptors (Lipinski definition) is 3. The van der Waals surface area contributed by atoms with Gasteiger partial charge in [0.05, 0.1) is 5.75 Å².